The van der Waals surface area contributed by atoms with Gasteiger partial charge in [0.15, 0.2) is 0 Å². The molecule has 0 amide bonds. The van der Waals surface area contributed by atoms with Gasteiger partial charge in [-0.1, -0.05) is 11.6 Å². The van der Waals surface area contributed by atoms with Crippen LogP contribution in [0.5, 0.6) is 0 Å². The Morgan fingerprint density at radius 2 is 2.09 bits per heavy atom. The van der Waals surface area contributed by atoms with Crippen LogP contribution in [0.2, 0.25) is 5.02 Å². The Bertz CT molecular complexity index is 394. The van der Waals surface area contributed by atoms with Gasteiger partial charge in [0.1, 0.15) is 0 Å². The first-order valence-corrected chi connectivity index (χ1v) is 4.66. The number of nitrogens with one attached hydrogen (secondary N) is 1. The number of fused-ring (bicyclic) bond motifs is 1. The third-order valence-electron chi connectivity index (χ3n) is 1.62. The van der Waals surface area contributed by atoms with Crippen molar-refractivity contribution in [1.29, 1.82) is 0 Å². The van der Waals surface area contributed by atoms with Crippen LogP contribution in [0.1, 0.15) is 0 Å². The molecule has 0 bridgehead atoms. The van der Waals surface area contributed by atoms with E-state index in [9.17, 15) is 0 Å². The summed E-state index contributed by atoms with van der Waals surface area (Å²) in [5, 5.41) is 1.93. The molecule has 1 nitrogen and oxygen atoms in total. The summed E-state index contributed by atoms with van der Waals surface area (Å²) in [5.74, 6) is 0. The van der Waals surface area contributed by atoms with E-state index in [1.54, 1.807) is 0 Å². The van der Waals surface area contributed by atoms with Crippen molar-refractivity contribution in [1.82, 2.24) is 4.98 Å². The number of halogens is 2. The Morgan fingerprint density at radius 1 is 1.27 bits per heavy atom. The SMILES string of the molecule is Clc1c(I)ccc2[nH]ccc12. The maximum Gasteiger partial charge on any atom is 0.0633 e. The van der Waals surface area contributed by atoms with E-state index in [0.717, 1.165) is 19.5 Å². The number of aromatic amines is 1. The van der Waals surface area contributed by atoms with Crippen molar-refractivity contribution in [2.45, 2.75) is 0 Å². The van der Waals surface area contributed by atoms with Crippen LogP contribution in [0.25, 0.3) is 10.9 Å². The monoisotopic (exact) mass is 277 g/mol. The van der Waals surface area contributed by atoms with E-state index < -0.39 is 0 Å². The number of benzene rings is 1. The summed E-state index contributed by atoms with van der Waals surface area (Å²) in [6, 6.07) is 6.02. The lowest BCUT2D eigenvalue weighted by molar-refractivity contribution is 1.48. The Morgan fingerprint density at radius 3 is 2.91 bits per heavy atom. The van der Waals surface area contributed by atoms with Crippen molar-refractivity contribution in [2.75, 3.05) is 0 Å². The average Bonchev–Trinajstić information content (AvgIpc) is 2.45. The van der Waals surface area contributed by atoms with Crippen LogP contribution in [-0.4, -0.2) is 4.98 Å². The quantitative estimate of drug-likeness (QED) is 0.710. The van der Waals surface area contributed by atoms with Crippen LogP contribution < -0.4 is 0 Å². The van der Waals surface area contributed by atoms with Crippen LogP contribution >= 0.6 is 34.2 Å². The Kier molecular flexibility index (Phi) is 1.81. The molecule has 56 valence electrons. The van der Waals surface area contributed by atoms with Crippen molar-refractivity contribution in [2.24, 2.45) is 0 Å². The van der Waals surface area contributed by atoms with Crippen LogP contribution in [-0.2, 0) is 0 Å². The molecule has 1 heterocycles. The maximum atomic E-state index is 6.04. The zero-order valence-electron chi connectivity index (χ0n) is 5.57. The maximum absolute atomic E-state index is 6.04. The van der Waals surface area contributed by atoms with Gasteiger partial charge in [-0.15, -0.1) is 0 Å². The van der Waals surface area contributed by atoms with Gasteiger partial charge in [-0.25, -0.2) is 0 Å². The fourth-order valence-electron chi connectivity index (χ4n) is 1.07. The molecule has 0 radical (unpaired) electrons. The molecule has 3 heteroatoms. The Hall–Kier alpha value is -0.220. The van der Waals surface area contributed by atoms with E-state index in [4.69, 9.17) is 11.6 Å². The minimum Gasteiger partial charge on any atom is -0.361 e. The lowest BCUT2D eigenvalue weighted by Gasteiger charge is -1.95. The molecule has 2 aromatic rings. The number of rotatable bonds is 0. The Balaban J connectivity index is 2.93. The fourth-order valence-corrected chi connectivity index (χ4v) is 1.77. The highest BCUT2D eigenvalue weighted by Gasteiger charge is 2.02. The molecule has 0 unspecified atom stereocenters. The van der Waals surface area contributed by atoms with Gasteiger partial charge in [0.2, 0.25) is 0 Å². The average molecular weight is 277 g/mol. The summed E-state index contributed by atoms with van der Waals surface area (Å²) in [6.45, 7) is 0. The first-order valence-electron chi connectivity index (χ1n) is 3.20. The number of H-pyrrole nitrogens is 1. The minimum absolute atomic E-state index is 0.837. The van der Waals surface area contributed by atoms with Gasteiger partial charge in [0.25, 0.3) is 0 Å². The third kappa shape index (κ3) is 1.14. The Labute approximate surface area is 82.9 Å². The standard InChI is InChI=1S/C8H5ClIN/c9-8-5-3-4-11-7(5)2-1-6(8)10/h1-4,11H. The zero-order chi connectivity index (χ0) is 7.84. The molecule has 11 heavy (non-hydrogen) atoms. The summed E-state index contributed by atoms with van der Waals surface area (Å²) in [4.78, 5) is 3.10. The summed E-state index contributed by atoms with van der Waals surface area (Å²) in [6.07, 6.45) is 1.90. The van der Waals surface area contributed by atoms with E-state index in [1.807, 2.05) is 24.4 Å². The van der Waals surface area contributed by atoms with E-state index in [0.29, 0.717) is 0 Å². The lowest BCUT2D eigenvalue weighted by atomic mass is 10.2. The van der Waals surface area contributed by atoms with Gasteiger partial charge in [-0.2, -0.15) is 0 Å². The molecule has 0 saturated heterocycles. The molecule has 1 N–H and O–H groups in total. The second-order valence-electron chi connectivity index (χ2n) is 2.30. The van der Waals surface area contributed by atoms with Crippen LogP contribution in [0.15, 0.2) is 24.4 Å². The van der Waals surface area contributed by atoms with Crippen LogP contribution in [0.3, 0.4) is 0 Å². The number of aromatic nitrogens is 1. The molecule has 0 fully saturated rings. The first-order chi connectivity index (χ1) is 5.29. The van der Waals surface area contributed by atoms with Crippen molar-refractivity contribution >= 4 is 45.1 Å². The second-order valence-corrected chi connectivity index (χ2v) is 3.84. The molecule has 0 atom stereocenters. The molecule has 1 aromatic carbocycles. The van der Waals surface area contributed by atoms with E-state index >= 15 is 0 Å². The molecular weight excluding hydrogens is 272 g/mol. The topological polar surface area (TPSA) is 15.8 Å². The van der Waals surface area contributed by atoms with Crippen LogP contribution in [0.4, 0.5) is 0 Å². The van der Waals surface area contributed by atoms with Gasteiger partial charge in [-0.05, 0) is 40.8 Å². The highest BCUT2D eigenvalue weighted by molar-refractivity contribution is 14.1. The van der Waals surface area contributed by atoms with Crippen molar-refractivity contribution in [3.8, 4) is 0 Å². The molecule has 0 aliphatic rings. The molecular formula is C8H5ClIN. The second kappa shape index (κ2) is 2.68. The van der Waals surface area contributed by atoms with E-state index in [2.05, 4.69) is 27.6 Å². The summed E-state index contributed by atoms with van der Waals surface area (Å²) < 4.78 is 1.09. The van der Waals surface area contributed by atoms with Gasteiger partial charge < -0.3 is 4.98 Å². The van der Waals surface area contributed by atoms with Gasteiger partial charge in [0, 0.05) is 20.7 Å². The van der Waals surface area contributed by atoms with Gasteiger partial charge in [0.05, 0.1) is 5.02 Å². The summed E-state index contributed by atoms with van der Waals surface area (Å²) in [5.41, 5.74) is 1.09. The molecule has 1 aromatic heterocycles. The molecule has 0 aliphatic heterocycles. The number of hydrogen-bond acceptors (Lipinski definition) is 0. The van der Waals surface area contributed by atoms with E-state index in [-0.39, 0.29) is 0 Å². The lowest BCUT2D eigenvalue weighted by Crippen LogP contribution is -1.74. The first kappa shape index (κ1) is 7.43. The molecule has 0 spiro atoms. The van der Waals surface area contributed by atoms with Crippen molar-refractivity contribution in [3.05, 3.63) is 33.0 Å². The van der Waals surface area contributed by atoms with Crippen LogP contribution in [0, 0.1) is 3.57 Å². The van der Waals surface area contributed by atoms with Gasteiger partial charge in [-0.3, -0.25) is 0 Å². The highest BCUT2D eigenvalue weighted by atomic mass is 127. The van der Waals surface area contributed by atoms with Gasteiger partial charge >= 0.3 is 0 Å². The van der Waals surface area contributed by atoms with Crippen molar-refractivity contribution < 1.29 is 0 Å². The molecule has 0 aliphatic carbocycles. The highest BCUT2D eigenvalue weighted by Crippen LogP contribution is 2.27. The fraction of sp³-hybridized carbons (Fsp3) is 0. The van der Waals surface area contributed by atoms with Crippen molar-refractivity contribution in [3.63, 3.8) is 0 Å². The zero-order valence-corrected chi connectivity index (χ0v) is 8.48. The minimum atomic E-state index is 0.837. The third-order valence-corrected chi connectivity index (χ3v) is 3.25. The largest absolute Gasteiger partial charge is 0.361 e. The smallest absolute Gasteiger partial charge is 0.0633 e. The predicted octanol–water partition coefficient (Wildman–Crippen LogP) is 3.43. The predicted molar refractivity (Wildman–Crippen MR) is 56.0 cm³/mol. The molecule has 2 rings (SSSR count). The molecule has 0 saturated carbocycles. The normalized spacial score (nSPS) is 10.7. The number of hydrogen-bond donors (Lipinski definition) is 1. The summed E-state index contributed by atoms with van der Waals surface area (Å²) >= 11 is 8.26. The van der Waals surface area contributed by atoms with E-state index in [1.165, 1.54) is 0 Å². The summed E-state index contributed by atoms with van der Waals surface area (Å²) in [7, 11) is 0.